The van der Waals surface area contributed by atoms with Crippen LogP contribution in [-0.2, 0) is 10.0 Å². The van der Waals surface area contributed by atoms with Gasteiger partial charge in [0.2, 0.25) is 0 Å². The lowest BCUT2D eigenvalue weighted by molar-refractivity contribution is 0.600. The molecule has 0 radical (unpaired) electrons. The molecule has 19 heavy (non-hydrogen) atoms. The Labute approximate surface area is 112 Å². The Morgan fingerprint density at radius 3 is 2.63 bits per heavy atom. The van der Waals surface area contributed by atoms with Crippen molar-refractivity contribution in [3.05, 3.63) is 47.8 Å². The molecular formula is C13H15N3O2S. The van der Waals surface area contributed by atoms with Crippen LogP contribution in [0, 0.1) is 13.8 Å². The van der Waals surface area contributed by atoms with E-state index in [0.717, 1.165) is 5.69 Å². The van der Waals surface area contributed by atoms with Gasteiger partial charge in [-0.15, -0.1) is 0 Å². The van der Waals surface area contributed by atoms with Crippen LogP contribution in [0.3, 0.4) is 0 Å². The number of nitrogen functional groups attached to an aromatic ring is 1. The lowest BCUT2D eigenvalue weighted by atomic mass is 10.2. The topological polar surface area (TPSA) is 85.1 Å². The molecule has 3 N–H and O–H groups in total. The minimum Gasteiger partial charge on any atom is -0.398 e. The second-order valence-electron chi connectivity index (χ2n) is 4.26. The van der Waals surface area contributed by atoms with Crippen molar-refractivity contribution in [2.75, 3.05) is 10.5 Å². The van der Waals surface area contributed by atoms with Crippen LogP contribution in [0.25, 0.3) is 0 Å². The van der Waals surface area contributed by atoms with E-state index in [1.165, 1.54) is 6.07 Å². The summed E-state index contributed by atoms with van der Waals surface area (Å²) in [5, 5.41) is 0. The number of hydrogen-bond acceptors (Lipinski definition) is 4. The van der Waals surface area contributed by atoms with Crippen molar-refractivity contribution < 1.29 is 8.42 Å². The van der Waals surface area contributed by atoms with Gasteiger partial charge in [0.05, 0.1) is 10.6 Å². The number of sulfonamides is 1. The third-order valence-electron chi connectivity index (χ3n) is 2.76. The van der Waals surface area contributed by atoms with E-state index in [1.807, 2.05) is 0 Å². The van der Waals surface area contributed by atoms with Crippen molar-refractivity contribution in [3.8, 4) is 0 Å². The number of aromatic nitrogens is 1. The molecule has 0 aliphatic carbocycles. The van der Waals surface area contributed by atoms with E-state index in [9.17, 15) is 8.42 Å². The van der Waals surface area contributed by atoms with Gasteiger partial charge in [-0.05, 0) is 43.7 Å². The van der Waals surface area contributed by atoms with E-state index in [1.54, 1.807) is 44.3 Å². The summed E-state index contributed by atoms with van der Waals surface area (Å²) in [7, 11) is -3.64. The van der Waals surface area contributed by atoms with Crippen LogP contribution >= 0.6 is 0 Å². The molecule has 1 aromatic carbocycles. The highest BCUT2D eigenvalue weighted by molar-refractivity contribution is 7.92. The number of anilines is 2. The van der Waals surface area contributed by atoms with Gasteiger partial charge < -0.3 is 5.73 Å². The summed E-state index contributed by atoms with van der Waals surface area (Å²) in [4.78, 5) is 4.20. The van der Waals surface area contributed by atoms with Crippen molar-refractivity contribution in [2.45, 2.75) is 18.7 Å². The number of rotatable bonds is 3. The summed E-state index contributed by atoms with van der Waals surface area (Å²) in [6.45, 7) is 3.48. The van der Waals surface area contributed by atoms with Crippen molar-refractivity contribution in [1.29, 1.82) is 0 Å². The van der Waals surface area contributed by atoms with Gasteiger partial charge in [0.25, 0.3) is 10.0 Å². The maximum absolute atomic E-state index is 12.3. The first-order valence-corrected chi connectivity index (χ1v) is 7.19. The molecule has 6 heteroatoms. The Balaban J connectivity index is 2.41. The third kappa shape index (κ3) is 2.85. The van der Waals surface area contributed by atoms with E-state index in [-0.39, 0.29) is 4.90 Å². The molecule has 1 heterocycles. The predicted octanol–water partition coefficient (Wildman–Crippen LogP) is 2.08. The highest BCUT2D eigenvalue weighted by atomic mass is 32.2. The molecule has 0 atom stereocenters. The second kappa shape index (κ2) is 4.89. The maximum Gasteiger partial charge on any atom is 0.262 e. The molecule has 0 aliphatic rings. The summed E-state index contributed by atoms with van der Waals surface area (Å²) in [5.41, 5.74) is 7.95. The number of aryl methyl sites for hydroxylation is 1. The standard InChI is InChI=1S/C13H15N3O2S/c1-9-8-11(6-7-15-9)16-19(17,18)13-5-3-4-12(14)10(13)2/h3-8H,14H2,1-2H3,(H,15,16). The number of hydrogen-bond donors (Lipinski definition) is 2. The minimum absolute atomic E-state index is 0.182. The molecule has 0 unspecified atom stereocenters. The molecule has 0 bridgehead atoms. The molecular weight excluding hydrogens is 262 g/mol. The smallest absolute Gasteiger partial charge is 0.262 e. The molecule has 0 amide bonds. The zero-order chi connectivity index (χ0) is 14.0. The van der Waals surface area contributed by atoms with Gasteiger partial charge in [-0.2, -0.15) is 0 Å². The van der Waals surface area contributed by atoms with E-state index in [4.69, 9.17) is 5.73 Å². The Kier molecular flexibility index (Phi) is 3.44. The molecule has 0 spiro atoms. The zero-order valence-corrected chi connectivity index (χ0v) is 11.5. The van der Waals surface area contributed by atoms with Gasteiger partial charge >= 0.3 is 0 Å². The lowest BCUT2D eigenvalue weighted by Crippen LogP contribution is -2.15. The fourth-order valence-electron chi connectivity index (χ4n) is 1.74. The summed E-state index contributed by atoms with van der Waals surface area (Å²) >= 11 is 0. The summed E-state index contributed by atoms with van der Waals surface area (Å²) in [6, 6.07) is 8.09. The van der Waals surface area contributed by atoms with Crippen LogP contribution in [0.2, 0.25) is 0 Å². The average molecular weight is 277 g/mol. The number of nitrogens with zero attached hydrogens (tertiary/aromatic N) is 1. The normalized spacial score (nSPS) is 11.3. The Hall–Kier alpha value is -2.08. The number of pyridine rings is 1. The van der Waals surface area contributed by atoms with Crippen LogP contribution in [0.4, 0.5) is 11.4 Å². The van der Waals surface area contributed by atoms with E-state index in [2.05, 4.69) is 9.71 Å². The van der Waals surface area contributed by atoms with Crippen molar-refractivity contribution in [1.82, 2.24) is 4.98 Å². The van der Waals surface area contributed by atoms with E-state index < -0.39 is 10.0 Å². The largest absolute Gasteiger partial charge is 0.398 e. The summed E-state index contributed by atoms with van der Waals surface area (Å²) < 4.78 is 27.1. The van der Waals surface area contributed by atoms with Gasteiger partial charge in [-0.1, -0.05) is 6.07 Å². The fourth-order valence-corrected chi connectivity index (χ4v) is 3.07. The Morgan fingerprint density at radius 2 is 1.95 bits per heavy atom. The lowest BCUT2D eigenvalue weighted by Gasteiger charge is -2.11. The highest BCUT2D eigenvalue weighted by Gasteiger charge is 2.17. The minimum atomic E-state index is -3.64. The fraction of sp³-hybridized carbons (Fsp3) is 0.154. The summed E-state index contributed by atoms with van der Waals surface area (Å²) in [6.07, 6.45) is 1.55. The molecule has 0 fully saturated rings. The zero-order valence-electron chi connectivity index (χ0n) is 10.7. The first-order chi connectivity index (χ1) is 8.90. The van der Waals surface area contributed by atoms with Crippen LogP contribution in [0.5, 0.6) is 0 Å². The van der Waals surface area contributed by atoms with Gasteiger partial charge in [0, 0.05) is 17.6 Å². The van der Waals surface area contributed by atoms with Crippen molar-refractivity contribution in [2.24, 2.45) is 0 Å². The van der Waals surface area contributed by atoms with E-state index in [0.29, 0.717) is 16.9 Å². The molecule has 0 saturated heterocycles. The van der Waals surface area contributed by atoms with Gasteiger partial charge in [-0.25, -0.2) is 8.42 Å². The highest BCUT2D eigenvalue weighted by Crippen LogP contribution is 2.23. The van der Waals surface area contributed by atoms with Gasteiger partial charge in [0.1, 0.15) is 0 Å². The first-order valence-electron chi connectivity index (χ1n) is 5.71. The maximum atomic E-state index is 12.3. The SMILES string of the molecule is Cc1cc(NS(=O)(=O)c2cccc(N)c2C)ccn1. The van der Waals surface area contributed by atoms with Gasteiger partial charge in [-0.3, -0.25) is 9.71 Å². The van der Waals surface area contributed by atoms with Crippen molar-refractivity contribution in [3.63, 3.8) is 0 Å². The molecule has 5 nitrogen and oxygen atoms in total. The average Bonchev–Trinajstić information content (AvgIpc) is 2.32. The number of nitrogens with one attached hydrogen (secondary N) is 1. The number of nitrogens with two attached hydrogens (primary N) is 1. The predicted molar refractivity (Wildman–Crippen MR) is 75.4 cm³/mol. The first kappa shape index (κ1) is 13.4. The van der Waals surface area contributed by atoms with Crippen LogP contribution < -0.4 is 10.5 Å². The van der Waals surface area contributed by atoms with Gasteiger partial charge in [0.15, 0.2) is 0 Å². The van der Waals surface area contributed by atoms with Crippen LogP contribution in [-0.4, -0.2) is 13.4 Å². The third-order valence-corrected chi connectivity index (χ3v) is 4.29. The molecule has 0 saturated carbocycles. The molecule has 1 aromatic heterocycles. The van der Waals surface area contributed by atoms with Crippen molar-refractivity contribution >= 4 is 21.4 Å². The number of benzene rings is 1. The monoisotopic (exact) mass is 277 g/mol. The Bertz CT molecular complexity index is 712. The van der Waals surface area contributed by atoms with Crippen LogP contribution in [0.15, 0.2) is 41.4 Å². The molecule has 100 valence electrons. The van der Waals surface area contributed by atoms with Crippen LogP contribution in [0.1, 0.15) is 11.3 Å². The molecule has 0 aliphatic heterocycles. The summed E-state index contributed by atoms with van der Waals surface area (Å²) in [5.74, 6) is 0. The molecule has 2 rings (SSSR count). The van der Waals surface area contributed by atoms with E-state index >= 15 is 0 Å². The second-order valence-corrected chi connectivity index (χ2v) is 5.91. The Morgan fingerprint density at radius 1 is 1.21 bits per heavy atom. The quantitative estimate of drug-likeness (QED) is 0.841. The molecule has 2 aromatic rings.